The standard InChI is InChI=1S/C19H27NO3/c1-5-20(3)14-10-12-6-7-13(22-4)18-15(12)16-17(23-18)11(2)8-9-19(14,16)21/h6-7,11,14,16-17,21H,5,8-10H2,1-4H3/t11?,14-,16?,17+,19-/m0/s1. The van der Waals surface area contributed by atoms with Crippen molar-refractivity contribution >= 4 is 0 Å². The van der Waals surface area contributed by atoms with Gasteiger partial charge in [-0.1, -0.05) is 19.9 Å². The van der Waals surface area contributed by atoms with Crippen LogP contribution in [0.1, 0.15) is 43.7 Å². The van der Waals surface area contributed by atoms with E-state index in [0.29, 0.717) is 5.92 Å². The molecule has 5 atom stereocenters. The molecule has 1 saturated carbocycles. The van der Waals surface area contributed by atoms with Gasteiger partial charge in [0.05, 0.1) is 18.6 Å². The first-order valence-corrected chi connectivity index (χ1v) is 8.80. The van der Waals surface area contributed by atoms with Gasteiger partial charge in [-0.3, -0.25) is 0 Å². The van der Waals surface area contributed by atoms with E-state index in [1.807, 2.05) is 6.07 Å². The van der Waals surface area contributed by atoms with Crippen LogP contribution in [0.5, 0.6) is 11.5 Å². The van der Waals surface area contributed by atoms with Gasteiger partial charge in [0.15, 0.2) is 11.5 Å². The minimum atomic E-state index is -0.702. The second kappa shape index (κ2) is 5.12. The van der Waals surface area contributed by atoms with Crippen LogP contribution in [-0.4, -0.2) is 48.5 Å². The number of rotatable bonds is 3. The Morgan fingerprint density at radius 1 is 1.43 bits per heavy atom. The van der Waals surface area contributed by atoms with E-state index >= 15 is 0 Å². The van der Waals surface area contributed by atoms with Crippen LogP contribution < -0.4 is 9.47 Å². The molecule has 0 bridgehead atoms. The van der Waals surface area contributed by atoms with Gasteiger partial charge in [0.25, 0.3) is 0 Å². The zero-order valence-electron chi connectivity index (χ0n) is 14.5. The van der Waals surface area contributed by atoms with E-state index in [2.05, 4.69) is 31.9 Å². The number of methoxy groups -OCH3 is 1. The number of likely N-dealkylation sites (N-methyl/N-ethyl adjacent to an activating group) is 1. The largest absolute Gasteiger partial charge is 0.493 e. The lowest BCUT2D eigenvalue weighted by molar-refractivity contribution is -0.118. The first-order chi connectivity index (χ1) is 11.0. The van der Waals surface area contributed by atoms with Gasteiger partial charge in [0.1, 0.15) is 6.10 Å². The van der Waals surface area contributed by atoms with Gasteiger partial charge in [-0.15, -0.1) is 0 Å². The third-order valence-corrected chi connectivity index (χ3v) is 6.48. The summed E-state index contributed by atoms with van der Waals surface area (Å²) in [4.78, 5) is 2.30. The van der Waals surface area contributed by atoms with Crippen molar-refractivity contribution < 1.29 is 14.6 Å². The molecule has 0 spiro atoms. The fourth-order valence-corrected chi connectivity index (χ4v) is 5.06. The van der Waals surface area contributed by atoms with E-state index in [1.165, 1.54) is 11.1 Å². The highest BCUT2D eigenvalue weighted by Gasteiger charge is 2.60. The Morgan fingerprint density at radius 3 is 2.91 bits per heavy atom. The number of benzene rings is 1. The quantitative estimate of drug-likeness (QED) is 0.930. The van der Waals surface area contributed by atoms with Crippen molar-refractivity contribution in [1.82, 2.24) is 4.90 Å². The molecule has 3 aliphatic rings. The van der Waals surface area contributed by atoms with Crippen LogP contribution >= 0.6 is 0 Å². The van der Waals surface area contributed by atoms with Crippen LogP contribution in [0, 0.1) is 5.92 Å². The van der Waals surface area contributed by atoms with Crippen molar-refractivity contribution in [3.63, 3.8) is 0 Å². The predicted molar refractivity (Wildman–Crippen MR) is 89.3 cm³/mol. The second-order valence-electron chi connectivity index (χ2n) is 7.53. The van der Waals surface area contributed by atoms with Crippen molar-refractivity contribution in [2.24, 2.45) is 5.92 Å². The molecule has 1 fully saturated rings. The maximum atomic E-state index is 11.7. The first-order valence-electron chi connectivity index (χ1n) is 8.80. The van der Waals surface area contributed by atoms with Gasteiger partial charge >= 0.3 is 0 Å². The van der Waals surface area contributed by atoms with E-state index in [4.69, 9.17) is 9.47 Å². The van der Waals surface area contributed by atoms with Crippen molar-refractivity contribution in [2.45, 2.75) is 56.8 Å². The summed E-state index contributed by atoms with van der Waals surface area (Å²) in [7, 11) is 3.82. The molecule has 0 radical (unpaired) electrons. The number of nitrogens with zero attached hydrogens (tertiary/aromatic N) is 1. The van der Waals surface area contributed by atoms with Crippen LogP contribution in [-0.2, 0) is 6.42 Å². The van der Waals surface area contributed by atoms with Crippen molar-refractivity contribution in [1.29, 1.82) is 0 Å². The summed E-state index contributed by atoms with van der Waals surface area (Å²) in [6.45, 7) is 5.35. The molecule has 0 saturated heterocycles. The Labute approximate surface area is 138 Å². The Kier molecular flexibility index (Phi) is 3.40. The number of aliphatic hydroxyl groups is 1. The van der Waals surface area contributed by atoms with Crippen molar-refractivity contribution in [3.8, 4) is 11.5 Å². The van der Waals surface area contributed by atoms with Gasteiger partial charge < -0.3 is 19.5 Å². The number of hydrogen-bond acceptors (Lipinski definition) is 4. The maximum Gasteiger partial charge on any atom is 0.165 e. The summed E-state index contributed by atoms with van der Waals surface area (Å²) in [5, 5.41) is 11.7. The molecule has 1 heterocycles. The Balaban J connectivity index is 1.90. The van der Waals surface area contributed by atoms with E-state index in [-0.39, 0.29) is 18.1 Å². The molecule has 1 aliphatic heterocycles. The zero-order valence-corrected chi connectivity index (χ0v) is 14.5. The second-order valence-corrected chi connectivity index (χ2v) is 7.53. The fourth-order valence-electron chi connectivity index (χ4n) is 5.06. The lowest BCUT2D eigenvalue weighted by Crippen LogP contribution is -2.62. The predicted octanol–water partition coefficient (Wildman–Crippen LogP) is 2.58. The molecule has 126 valence electrons. The topological polar surface area (TPSA) is 41.9 Å². The lowest BCUT2D eigenvalue weighted by Gasteiger charge is -2.52. The molecule has 1 N–H and O–H groups in total. The molecular formula is C19H27NO3. The average Bonchev–Trinajstić information content (AvgIpc) is 2.97. The highest BCUT2D eigenvalue weighted by molar-refractivity contribution is 5.59. The molecule has 2 unspecified atom stereocenters. The summed E-state index contributed by atoms with van der Waals surface area (Å²) in [5.74, 6) is 2.20. The van der Waals surface area contributed by atoms with Crippen molar-refractivity contribution in [3.05, 3.63) is 23.3 Å². The highest BCUT2D eigenvalue weighted by atomic mass is 16.5. The third-order valence-electron chi connectivity index (χ3n) is 6.48. The normalized spacial score (nSPS) is 37.5. The van der Waals surface area contributed by atoms with Gasteiger partial charge in [0.2, 0.25) is 0 Å². The maximum absolute atomic E-state index is 11.7. The van der Waals surface area contributed by atoms with Gasteiger partial charge in [-0.2, -0.15) is 0 Å². The molecule has 2 aliphatic carbocycles. The van der Waals surface area contributed by atoms with Gasteiger partial charge in [-0.05, 0) is 50.4 Å². The SMILES string of the molecule is CCN(C)[C@H]1Cc2ccc(OC)c3c2C2[C@H](O3)C(C)CC[C@@]21O. The Hall–Kier alpha value is -1.26. The molecular weight excluding hydrogens is 290 g/mol. The molecule has 4 rings (SSSR count). The van der Waals surface area contributed by atoms with Crippen molar-refractivity contribution in [2.75, 3.05) is 20.7 Å². The molecule has 4 nitrogen and oxygen atoms in total. The van der Waals surface area contributed by atoms with E-state index in [1.54, 1.807) is 7.11 Å². The molecule has 1 aromatic carbocycles. The van der Waals surface area contributed by atoms with Crippen LogP contribution in [0.2, 0.25) is 0 Å². The smallest absolute Gasteiger partial charge is 0.165 e. The summed E-state index contributed by atoms with van der Waals surface area (Å²) in [5.41, 5.74) is 1.83. The zero-order chi connectivity index (χ0) is 16.4. The van der Waals surface area contributed by atoms with E-state index in [0.717, 1.165) is 37.3 Å². The molecule has 0 amide bonds. The first kappa shape index (κ1) is 15.3. The summed E-state index contributed by atoms with van der Waals surface area (Å²) >= 11 is 0. The van der Waals surface area contributed by atoms with Crippen LogP contribution in [0.3, 0.4) is 0 Å². The molecule has 23 heavy (non-hydrogen) atoms. The van der Waals surface area contributed by atoms with E-state index in [9.17, 15) is 5.11 Å². The Bertz CT molecular complexity index is 631. The van der Waals surface area contributed by atoms with Gasteiger partial charge in [0, 0.05) is 11.6 Å². The highest BCUT2D eigenvalue weighted by Crippen LogP contribution is 2.59. The lowest BCUT2D eigenvalue weighted by atomic mass is 9.59. The number of hydrogen-bond donors (Lipinski definition) is 1. The molecule has 4 heteroatoms. The summed E-state index contributed by atoms with van der Waals surface area (Å²) < 4.78 is 11.9. The summed E-state index contributed by atoms with van der Waals surface area (Å²) in [6.07, 6.45) is 2.81. The number of ether oxygens (including phenoxy) is 2. The monoisotopic (exact) mass is 317 g/mol. The average molecular weight is 317 g/mol. The van der Waals surface area contributed by atoms with Crippen LogP contribution in [0.4, 0.5) is 0 Å². The molecule has 1 aromatic rings. The Morgan fingerprint density at radius 2 is 2.22 bits per heavy atom. The fraction of sp³-hybridized carbons (Fsp3) is 0.684. The minimum absolute atomic E-state index is 0.0619. The molecule has 0 aromatic heterocycles. The van der Waals surface area contributed by atoms with Gasteiger partial charge in [-0.25, -0.2) is 0 Å². The van der Waals surface area contributed by atoms with E-state index < -0.39 is 5.60 Å². The summed E-state index contributed by atoms with van der Waals surface area (Å²) in [6, 6.07) is 4.34. The van der Waals surface area contributed by atoms with Crippen LogP contribution in [0.25, 0.3) is 0 Å². The van der Waals surface area contributed by atoms with Crippen LogP contribution in [0.15, 0.2) is 12.1 Å². The third kappa shape index (κ3) is 1.91. The minimum Gasteiger partial charge on any atom is -0.493 e.